The van der Waals surface area contributed by atoms with Crippen LogP contribution in [0.25, 0.3) is 0 Å². The maximum absolute atomic E-state index is 14.6. The third-order valence-corrected chi connectivity index (χ3v) is 8.68. The van der Waals surface area contributed by atoms with Crippen molar-refractivity contribution in [3.8, 4) is 0 Å². The number of para-hydroxylation sites is 1. The van der Waals surface area contributed by atoms with Crippen molar-refractivity contribution in [3.63, 3.8) is 0 Å². The van der Waals surface area contributed by atoms with Gasteiger partial charge in [-0.3, -0.25) is 14.5 Å². The molecule has 3 aromatic rings. The first-order valence-electron chi connectivity index (χ1n) is 14.2. The van der Waals surface area contributed by atoms with Crippen LogP contribution in [0, 0.1) is 12.7 Å². The fourth-order valence-electron chi connectivity index (χ4n) is 6.37. The molecular formula is C30H34F4N6O. The Morgan fingerprint density at radius 1 is 1.00 bits per heavy atom. The Morgan fingerprint density at radius 2 is 1.73 bits per heavy atom. The van der Waals surface area contributed by atoms with Gasteiger partial charge in [-0.25, -0.2) is 9.18 Å². The van der Waals surface area contributed by atoms with Gasteiger partial charge in [0, 0.05) is 44.0 Å². The molecule has 0 saturated carbocycles. The van der Waals surface area contributed by atoms with E-state index in [1.807, 2.05) is 28.8 Å². The molecule has 4 heterocycles. The number of likely N-dealkylation sites (N-methyl/N-ethyl adjacent to an activating group) is 1. The summed E-state index contributed by atoms with van der Waals surface area (Å²) in [6.45, 7) is 7.89. The van der Waals surface area contributed by atoms with E-state index in [0.29, 0.717) is 44.0 Å². The highest BCUT2D eigenvalue weighted by Crippen LogP contribution is 2.37. The number of piperidine rings is 1. The summed E-state index contributed by atoms with van der Waals surface area (Å²) in [6.07, 6.45) is -1.33. The van der Waals surface area contributed by atoms with Crippen LogP contribution in [0.3, 0.4) is 0 Å². The van der Waals surface area contributed by atoms with E-state index < -0.39 is 11.7 Å². The SMILES string of the molecule is CCN1CC(n2cc3c(n2)N(Cc2ccccc2C(F)(F)F)C(=O)N(C2CCN(c4c(C)cccc4F)CC2)C3)C1. The second kappa shape index (κ2) is 10.7. The number of benzene rings is 2. The maximum atomic E-state index is 14.6. The second-order valence-electron chi connectivity index (χ2n) is 11.2. The van der Waals surface area contributed by atoms with E-state index >= 15 is 0 Å². The Bertz CT molecular complexity index is 1400. The van der Waals surface area contributed by atoms with Gasteiger partial charge in [0.15, 0.2) is 5.82 Å². The molecule has 6 rings (SSSR count). The first-order valence-corrected chi connectivity index (χ1v) is 14.2. The van der Waals surface area contributed by atoms with Crippen molar-refractivity contribution in [2.45, 2.75) is 58.0 Å². The maximum Gasteiger partial charge on any atom is 0.416 e. The van der Waals surface area contributed by atoms with E-state index in [1.54, 1.807) is 17.0 Å². The molecule has 1 aromatic heterocycles. The first kappa shape index (κ1) is 27.6. The topological polar surface area (TPSA) is 47.9 Å². The minimum absolute atomic E-state index is 0.0290. The predicted molar refractivity (Wildman–Crippen MR) is 148 cm³/mol. The lowest BCUT2D eigenvalue weighted by molar-refractivity contribution is -0.138. The number of nitrogens with zero attached hydrogens (tertiary/aromatic N) is 6. The summed E-state index contributed by atoms with van der Waals surface area (Å²) in [5.41, 5.74) is 1.56. The van der Waals surface area contributed by atoms with Crippen LogP contribution in [0.15, 0.2) is 48.7 Å². The molecule has 2 aromatic carbocycles. The number of hydrogen-bond acceptors (Lipinski definition) is 4. The van der Waals surface area contributed by atoms with Crippen LogP contribution in [-0.4, -0.2) is 64.4 Å². The van der Waals surface area contributed by atoms with Crippen LogP contribution < -0.4 is 9.80 Å². The van der Waals surface area contributed by atoms with Crippen LogP contribution in [0.4, 0.5) is 33.9 Å². The van der Waals surface area contributed by atoms with Gasteiger partial charge in [-0.2, -0.15) is 18.3 Å². The highest BCUT2D eigenvalue weighted by Gasteiger charge is 2.41. The fourth-order valence-corrected chi connectivity index (χ4v) is 6.37. The Hall–Kier alpha value is -3.60. The van der Waals surface area contributed by atoms with E-state index in [1.165, 1.54) is 23.1 Å². The molecule has 41 heavy (non-hydrogen) atoms. The zero-order valence-electron chi connectivity index (χ0n) is 23.2. The number of halogens is 4. The van der Waals surface area contributed by atoms with Gasteiger partial charge in [0.25, 0.3) is 0 Å². The van der Waals surface area contributed by atoms with Gasteiger partial charge in [0.05, 0.1) is 30.4 Å². The molecule has 2 amide bonds. The first-order chi connectivity index (χ1) is 19.6. The standard InChI is InChI=1S/C30H34F4N6O/c1-3-36-18-24(19-36)40-17-22-16-38(23-11-13-37(14-12-23)27-20(2)7-6-10-26(27)31)29(41)39(28(22)35-40)15-21-8-4-5-9-25(21)30(32,33)34/h4-10,17,23-24H,3,11-16,18-19H2,1-2H3. The molecule has 0 bridgehead atoms. The van der Waals surface area contributed by atoms with Crippen molar-refractivity contribution < 1.29 is 22.4 Å². The van der Waals surface area contributed by atoms with Crippen molar-refractivity contribution in [1.29, 1.82) is 0 Å². The van der Waals surface area contributed by atoms with Gasteiger partial charge < -0.3 is 9.80 Å². The van der Waals surface area contributed by atoms with E-state index in [2.05, 4.69) is 11.8 Å². The lowest BCUT2D eigenvalue weighted by atomic mass is 10.00. The Kier molecular flexibility index (Phi) is 7.17. The number of carbonyl (C=O) groups excluding carboxylic acids is 1. The predicted octanol–water partition coefficient (Wildman–Crippen LogP) is 5.84. The Balaban J connectivity index is 1.28. The van der Waals surface area contributed by atoms with Crippen LogP contribution in [0.1, 0.15) is 48.1 Å². The number of amides is 2. The van der Waals surface area contributed by atoms with Gasteiger partial charge in [-0.15, -0.1) is 0 Å². The molecule has 0 spiro atoms. The molecule has 3 aliphatic rings. The number of carbonyl (C=O) groups is 1. The van der Waals surface area contributed by atoms with Crippen LogP contribution in [0.2, 0.25) is 0 Å². The number of alkyl halides is 3. The summed E-state index contributed by atoms with van der Waals surface area (Å²) >= 11 is 0. The van der Waals surface area contributed by atoms with Crippen LogP contribution >= 0.6 is 0 Å². The number of hydrogen-bond donors (Lipinski definition) is 0. The van der Waals surface area contributed by atoms with E-state index in [4.69, 9.17) is 5.10 Å². The van der Waals surface area contributed by atoms with Crippen molar-refractivity contribution in [2.75, 3.05) is 42.5 Å². The van der Waals surface area contributed by atoms with Crippen molar-refractivity contribution in [2.24, 2.45) is 0 Å². The summed E-state index contributed by atoms with van der Waals surface area (Å²) in [5, 5.41) is 4.75. The zero-order valence-corrected chi connectivity index (χ0v) is 23.2. The number of fused-ring (bicyclic) bond motifs is 1. The quantitative estimate of drug-likeness (QED) is 0.350. The molecule has 0 N–H and O–H groups in total. The van der Waals surface area contributed by atoms with Crippen LogP contribution in [-0.2, 0) is 19.3 Å². The summed E-state index contributed by atoms with van der Waals surface area (Å²) in [7, 11) is 0. The Labute approximate surface area is 236 Å². The molecule has 2 saturated heterocycles. The lowest BCUT2D eigenvalue weighted by Gasteiger charge is -2.43. The zero-order chi connectivity index (χ0) is 28.9. The molecule has 11 heteroatoms. The molecule has 0 radical (unpaired) electrons. The third-order valence-electron chi connectivity index (χ3n) is 8.68. The summed E-state index contributed by atoms with van der Waals surface area (Å²) in [4.78, 5) is 21.5. The number of aryl methyl sites for hydroxylation is 1. The fraction of sp³-hybridized carbons (Fsp3) is 0.467. The molecule has 2 fully saturated rings. The molecule has 7 nitrogen and oxygen atoms in total. The molecule has 0 unspecified atom stereocenters. The molecular weight excluding hydrogens is 536 g/mol. The number of likely N-dealkylation sites (tertiary alicyclic amines) is 1. The van der Waals surface area contributed by atoms with Crippen LogP contribution in [0.5, 0.6) is 0 Å². The van der Waals surface area contributed by atoms with Gasteiger partial charge >= 0.3 is 12.2 Å². The van der Waals surface area contributed by atoms with Gasteiger partial charge in [0.2, 0.25) is 0 Å². The lowest BCUT2D eigenvalue weighted by Crippen LogP contribution is -2.54. The minimum Gasteiger partial charge on any atom is -0.369 e. The average molecular weight is 571 g/mol. The van der Waals surface area contributed by atoms with E-state index in [0.717, 1.165) is 36.8 Å². The van der Waals surface area contributed by atoms with Crippen molar-refractivity contribution in [3.05, 3.63) is 76.7 Å². The largest absolute Gasteiger partial charge is 0.416 e. The van der Waals surface area contributed by atoms with Gasteiger partial charge in [-0.05, 0) is 49.6 Å². The number of rotatable bonds is 6. The normalized spacial score (nSPS) is 19.1. The summed E-state index contributed by atoms with van der Waals surface area (Å²) in [6, 6.07) is 10.1. The van der Waals surface area contributed by atoms with Gasteiger partial charge in [-0.1, -0.05) is 37.3 Å². The number of urea groups is 1. The Morgan fingerprint density at radius 3 is 2.41 bits per heavy atom. The molecule has 0 aliphatic carbocycles. The van der Waals surface area contributed by atoms with E-state index in [9.17, 15) is 22.4 Å². The highest BCUT2D eigenvalue weighted by molar-refractivity contribution is 5.94. The number of anilines is 2. The summed E-state index contributed by atoms with van der Waals surface area (Å²) < 4.78 is 58.1. The molecule has 3 aliphatic heterocycles. The van der Waals surface area contributed by atoms with Crippen molar-refractivity contribution >= 4 is 17.5 Å². The monoisotopic (exact) mass is 570 g/mol. The van der Waals surface area contributed by atoms with Gasteiger partial charge in [0.1, 0.15) is 5.82 Å². The average Bonchev–Trinajstić information content (AvgIpc) is 3.33. The highest BCUT2D eigenvalue weighted by atomic mass is 19.4. The van der Waals surface area contributed by atoms with Crippen molar-refractivity contribution in [1.82, 2.24) is 19.6 Å². The second-order valence-corrected chi connectivity index (χ2v) is 11.2. The third kappa shape index (κ3) is 5.16. The molecule has 218 valence electrons. The summed E-state index contributed by atoms with van der Waals surface area (Å²) in [5.74, 6) is 0.166. The van der Waals surface area contributed by atoms with E-state index in [-0.39, 0.29) is 36.0 Å². The number of aromatic nitrogens is 2. The smallest absolute Gasteiger partial charge is 0.369 e. The minimum atomic E-state index is -4.54. The molecule has 0 atom stereocenters.